The van der Waals surface area contributed by atoms with Gasteiger partial charge < -0.3 is 15.0 Å². The third-order valence-corrected chi connectivity index (χ3v) is 6.79. The molecule has 0 unspecified atom stereocenters. The van der Waals surface area contributed by atoms with E-state index in [1.807, 2.05) is 24.3 Å². The van der Waals surface area contributed by atoms with Crippen molar-refractivity contribution in [2.24, 2.45) is 0 Å². The normalized spacial score (nSPS) is 14.2. The molecule has 0 atom stereocenters. The summed E-state index contributed by atoms with van der Waals surface area (Å²) >= 11 is 1.41. The molecule has 186 valence electrons. The van der Waals surface area contributed by atoms with Crippen LogP contribution in [0.15, 0.2) is 48.5 Å². The third-order valence-electron chi connectivity index (χ3n) is 5.97. The monoisotopic (exact) mass is 497 g/mol. The molecule has 1 fully saturated rings. The minimum atomic E-state index is -0.236. The van der Waals surface area contributed by atoms with E-state index in [1.54, 1.807) is 12.1 Å². The fraction of sp³-hybridized carbons (Fsp3) is 0.423. The van der Waals surface area contributed by atoms with Crippen LogP contribution in [0, 0.1) is 5.82 Å². The third kappa shape index (κ3) is 7.47. The Labute approximate surface area is 210 Å². The zero-order valence-corrected chi connectivity index (χ0v) is 20.9. The van der Waals surface area contributed by atoms with Gasteiger partial charge in [0.1, 0.15) is 17.4 Å². The summed E-state index contributed by atoms with van der Waals surface area (Å²) in [6.07, 6.45) is 2.72. The van der Waals surface area contributed by atoms with Crippen LogP contribution in [-0.2, 0) is 6.42 Å². The van der Waals surface area contributed by atoms with Crippen LogP contribution in [0.3, 0.4) is 0 Å². The molecule has 35 heavy (non-hydrogen) atoms. The standard InChI is InChI=1S/C26H32FN5O2S/c1-2-3-18-34-23-10-6-21(7-11-23)25(33)28-12-13-31-14-16-32(17-15-31)26-29-24(30-35-26)19-20-4-8-22(27)9-5-20/h4-11H,2-3,12-19H2,1H3,(H,28,33). The van der Waals surface area contributed by atoms with E-state index in [4.69, 9.17) is 4.74 Å². The second-order valence-electron chi connectivity index (χ2n) is 8.61. The maximum Gasteiger partial charge on any atom is 0.251 e. The summed E-state index contributed by atoms with van der Waals surface area (Å²) < 4.78 is 23.2. The molecule has 2 heterocycles. The minimum absolute atomic E-state index is 0.0636. The predicted octanol–water partition coefficient (Wildman–Crippen LogP) is 4.00. The van der Waals surface area contributed by atoms with E-state index in [0.717, 1.165) is 67.8 Å². The van der Waals surface area contributed by atoms with E-state index in [-0.39, 0.29) is 11.7 Å². The van der Waals surface area contributed by atoms with Crippen molar-refractivity contribution in [2.75, 3.05) is 50.8 Å². The quantitative estimate of drug-likeness (QED) is 0.404. The summed E-state index contributed by atoms with van der Waals surface area (Å²) in [7, 11) is 0. The maximum atomic E-state index is 13.1. The molecule has 3 aromatic rings. The van der Waals surface area contributed by atoms with Crippen LogP contribution in [0.4, 0.5) is 9.52 Å². The van der Waals surface area contributed by atoms with Gasteiger partial charge in [0, 0.05) is 62.8 Å². The predicted molar refractivity (Wildman–Crippen MR) is 137 cm³/mol. The van der Waals surface area contributed by atoms with Crippen LogP contribution in [-0.4, -0.2) is 66.0 Å². The molecule has 0 spiro atoms. The topological polar surface area (TPSA) is 70.6 Å². The summed E-state index contributed by atoms with van der Waals surface area (Å²) in [6, 6.07) is 13.8. The average molecular weight is 498 g/mol. The van der Waals surface area contributed by atoms with Gasteiger partial charge in [0.15, 0.2) is 0 Å². The van der Waals surface area contributed by atoms with Crippen molar-refractivity contribution >= 4 is 22.6 Å². The number of unbranched alkanes of at least 4 members (excludes halogenated alkanes) is 1. The van der Waals surface area contributed by atoms with Gasteiger partial charge in [-0.3, -0.25) is 9.69 Å². The van der Waals surface area contributed by atoms with Gasteiger partial charge in [-0.15, -0.1) is 0 Å². The lowest BCUT2D eigenvalue weighted by atomic mass is 10.1. The molecule has 0 saturated carbocycles. The van der Waals surface area contributed by atoms with Gasteiger partial charge >= 0.3 is 0 Å². The van der Waals surface area contributed by atoms with Crippen molar-refractivity contribution in [3.63, 3.8) is 0 Å². The fourth-order valence-corrected chi connectivity index (χ4v) is 4.60. The van der Waals surface area contributed by atoms with E-state index < -0.39 is 0 Å². The van der Waals surface area contributed by atoms with E-state index in [1.165, 1.54) is 23.7 Å². The molecule has 1 saturated heterocycles. The molecular weight excluding hydrogens is 465 g/mol. The summed E-state index contributed by atoms with van der Waals surface area (Å²) in [5, 5.41) is 3.94. The number of carbonyl (C=O) groups is 1. The van der Waals surface area contributed by atoms with Gasteiger partial charge in [0.25, 0.3) is 5.91 Å². The van der Waals surface area contributed by atoms with Crippen LogP contribution >= 0.6 is 11.5 Å². The molecule has 1 aliphatic rings. The molecular formula is C26H32FN5O2S. The van der Waals surface area contributed by atoms with Gasteiger partial charge in [0.05, 0.1) is 6.61 Å². The van der Waals surface area contributed by atoms with Gasteiger partial charge in [0.2, 0.25) is 5.13 Å². The number of anilines is 1. The molecule has 4 rings (SSSR count). The Hall–Kier alpha value is -3.04. The number of aromatic nitrogens is 2. The molecule has 0 bridgehead atoms. The van der Waals surface area contributed by atoms with Crippen molar-refractivity contribution in [1.29, 1.82) is 0 Å². The van der Waals surface area contributed by atoms with Crippen molar-refractivity contribution < 1.29 is 13.9 Å². The molecule has 0 aliphatic carbocycles. The Morgan fingerprint density at radius 3 is 2.54 bits per heavy atom. The Morgan fingerprint density at radius 1 is 1.09 bits per heavy atom. The highest BCUT2D eigenvalue weighted by atomic mass is 32.1. The van der Waals surface area contributed by atoms with Crippen LogP contribution in [0.1, 0.15) is 41.5 Å². The number of carbonyl (C=O) groups excluding carboxylic acids is 1. The maximum absolute atomic E-state index is 13.1. The molecule has 2 aromatic carbocycles. The first kappa shape index (κ1) is 25.1. The summed E-state index contributed by atoms with van der Waals surface area (Å²) in [4.78, 5) is 21.7. The Kier molecular flexibility index (Phi) is 9.02. The zero-order chi connectivity index (χ0) is 24.5. The number of hydrogen-bond donors (Lipinski definition) is 1. The van der Waals surface area contributed by atoms with Gasteiger partial charge in [-0.2, -0.15) is 4.37 Å². The molecule has 1 aromatic heterocycles. The van der Waals surface area contributed by atoms with Crippen LogP contribution in [0.2, 0.25) is 0 Å². The number of rotatable bonds is 11. The minimum Gasteiger partial charge on any atom is -0.494 e. The molecule has 7 nitrogen and oxygen atoms in total. The highest BCUT2D eigenvalue weighted by Gasteiger charge is 2.20. The largest absolute Gasteiger partial charge is 0.494 e. The van der Waals surface area contributed by atoms with Gasteiger partial charge in [-0.25, -0.2) is 9.37 Å². The van der Waals surface area contributed by atoms with Crippen molar-refractivity contribution in [2.45, 2.75) is 26.2 Å². The van der Waals surface area contributed by atoms with Gasteiger partial charge in [-0.1, -0.05) is 25.5 Å². The molecule has 9 heteroatoms. The number of amides is 1. The SMILES string of the molecule is CCCCOc1ccc(C(=O)NCCN2CCN(c3nc(Cc4ccc(F)cc4)ns3)CC2)cc1. The van der Waals surface area contributed by atoms with Crippen LogP contribution in [0.5, 0.6) is 5.75 Å². The Bertz CT molecular complexity index is 1070. The van der Waals surface area contributed by atoms with Crippen molar-refractivity contribution in [3.8, 4) is 5.75 Å². The lowest BCUT2D eigenvalue weighted by Gasteiger charge is -2.34. The molecule has 1 amide bonds. The highest BCUT2D eigenvalue weighted by Crippen LogP contribution is 2.20. The second kappa shape index (κ2) is 12.6. The number of nitrogens with zero attached hydrogens (tertiary/aromatic N) is 4. The Balaban J connectivity index is 1.16. The first-order valence-corrected chi connectivity index (χ1v) is 12.9. The molecule has 0 radical (unpaired) electrons. The van der Waals surface area contributed by atoms with Crippen LogP contribution in [0.25, 0.3) is 0 Å². The van der Waals surface area contributed by atoms with E-state index in [0.29, 0.717) is 25.1 Å². The smallest absolute Gasteiger partial charge is 0.251 e. The second-order valence-corrected chi connectivity index (χ2v) is 9.34. The lowest BCUT2D eigenvalue weighted by Crippen LogP contribution is -2.48. The highest BCUT2D eigenvalue weighted by molar-refractivity contribution is 7.09. The Morgan fingerprint density at radius 2 is 1.83 bits per heavy atom. The summed E-state index contributed by atoms with van der Waals surface area (Å²) in [5.74, 6) is 1.26. The first-order chi connectivity index (χ1) is 17.1. The first-order valence-electron chi connectivity index (χ1n) is 12.2. The summed E-state index contributed by atoms with van der Waals surface area (Å²) in [6.45, 7) is 7.81. The average Bonchev–Trinajstić information content (AvgIpc) is 3.35. The number of ether oxygens (including phenoxy) is 1. The number of benzene rings is 2. The number of piperazine rings is 1. The van der Waals surface area contributed by atoms with E-state index in [2.05, 4.69) is 31.4 Å². The molecule has 1 N–H and O–H groups in total. The molecule has 1 aliphatic heterocycles. The number of halogens is 1. The number of nitrogens with one attached hydrogen (secondary N) is 1. The van der Waals surface area contributed by atoms with Gasteiger partial charge in [-0.05, 0) is 48.4 Å². The lowest BCUT2D eigenvalue weighted by molar-refractivity contribution is 0.0947. The van der Waals surface area contributed by atoms with E-state index in [9.17, 15) is 9.18 Å². The van der Waals surface area contributed by atoms with Crippen molar-refractivity contribution in [1.82, 2.24) is 19.6 Å². The van der Waals surface area contributed by atoms with Crippen LogP contribution < -0.4 is 15.0 Å². The van der Waals surface area contributed by atoms with E-state index >= 15 is 0 Å². The van der Waals surface area contributed by atoms with Crippen molar-refractivity contribution in [3.05, 3.63) is 71.3 Å². The zero-order valence-electron chi connectivity index (χ0n) is 20.1. The fourth-order valence-electron chi connectivity index (χ4n) is 3.86. The summed E-state index contributed by atoms with van der Waals surface area (Å²) in [5.41, 5.74) is 1.64. The number of hydrogen-bond acceptors (Lipinski definition) is 7.